The van der Waals surface area contributed by atoms with Crippen molar-refractivity contribution in [2.45, 2.75) is 6.42 Å². The Labute approximate surface area is 145 Å². The van der Waals surface area contributed by atoms with Gasteiger partial charge in [-0.25, -0.2) is 4.39 Å². The van der Waals surface area contributed by atoms with Crippen molar-refractivity contribution >= 4 is 28.8 Å². The van der Waals surface area contributed by atoms with Crippen molar-refractivity contribution in [2.24, 2.45) is 0 Å². The lowest BCUT2D eigenvalue weighted by atomic mass is 10.00. The smallest absolute Gasteiger partial charge is 0.279 e. The number of benzene rings is 2. The fourth-order valence-corrected chi connectivity index (χ4v) is 3.03. The predicted octanol–water partition coefficient (Wildman–Crippen LogP) is 2.79. The van der Waals surface area contributed by atoms with E-state index in [2.05, 4.69) is 23.5 Å². The summed E-state index contributed by atoms with van der Waals surface area (Å²) in [7, 11) is 0. The van der Waals surface area contributed by atoms with Crippen molar-refractivity contribution in [2.75, 3.05) is 25.0 Å². The van der Waals surface area contributed by atoms with Crippen molar-refractivity contribution in [3.8, 4) is 0 Å². The zero-order valence-electron chi connectivity index (χ0n) is 13.2. The van der Waals surface area contributed by atoms with E-state index in [1.807, 2.05) is 18.2 Å². The second-order valence-corrected chi connectivity index (χ2v) is 6.34. The molecule has 0 spiro atoms. The normalized spacial score (nSPS) is 17.2. The Balaban J connectivity index is 1.56. The van der Waals surface area contributed by atoms with Gasteiger partial charge in [-0.15, -0.1) is 0 Å². The number of quaternary nitrogens is 1. The van der Waals surface area contributed by atoms with Crippen LogP contribution in [0.15, 0.2) is 54.6 Å². The highest BCUT2D eigenvalue weighted by Crippen LogP contribution is 2.19. The highest BCUT2D eigenvalue weighted by Gasteiger charge is 2.19. The van der Waals surface area contributed by atoms with E-state index in [1.165, 1.54) is 28.2 Å². The second kappa shape index (κ2) is 7.60. The fourth-order valence-electron chi connectivity index (χ4n) is 2.87. The van der Waals surface area contributed by atoms with Gasteiger partial charge in [0.25, 0.3) is 5.91 Å². The Morgan fingerprint density at radius 2 is 2.00 bits per heavy atom. The standard InChI is InChI=1S/C19H18ClFN2O/c20-16-6-7-18(17(21)12-16)22-19(24)13-23-10-8-15(9-11-23)14-4-2-1-3-5-14/h1-8,12H,9-11,13H2,(H,22,24)/p+1. The molecule has 2 N–H and O–H groups in total. The van der Waals surface area contributed by atoms with Crippen molar-refractivity contribution < 1.29 is 14.1 Å². The minimum atomic E-state index is -0.518. The Morgan fingerprint density at radius 1 is 1.21 bits per heavy atom. The number of rotatable bonds is 4. The largest absolute Gasteiger partial charge is 0.324 e. The van der Waals surface area contributed by atoms with Crippen LogP contribution in [0.3, 0.4) is 0 Å². The van der Waals surface area contributed by atoms with Gasteiger partial charge in [0.1, 0.15) is 5.82 Å². The summed E-state index contributed by atoms with van der Waals surface area (Å²) < 4.78 is 13.7. The Bertz CT molecular complexity index is 761. The van der Waals surface area contributed by atoms with Crippen molar-refractivity contribution in [1.82, 2.24) is 0 Å². The van der Waals surface area contributed by atoms with Gasteiger partial charge in [0.05, 0.1) is 18.8 Å². The third kappa shape index (κ3) is 4.22. The highest BCUT2D eigenvalue weighted by molar-refractivity contribution is 6.30. The molecule has 0 aliphatic carbocycles. The van der Waals surface area contributed by atoms with Crippen LogP contribution < -0.4 is 10.2 Å². The van der Waals surface area contributed by atoms with Crippen LogP contribution in [0.1, 0.15) is 12.0 Å². The Morgan fingerprint density at radius 3 is 2.67 bits per heavy atom. The molecule has 0 saturated carbocycles. The van der Waals surface area contributed by atoms with Gasteiger partial charge in [0.15, 0.2) is 6.54 Å². The Kier molecular flexibility index (Phi) is 5.28. The summed E-state index contributed by atoms with van der Waals surface area (Å²) in [6, 6.07) is 14.5. The maximum Gasteiger partial charge on any atom is 0.279 e. The molecule has 124 valence electrons. The summed E-state index contributed by atoms with van der Waals surface area (Å²) >= 11 is 5.71. The zero-order valence-corrected chi connectivity index (χ0v) is 13.9. The zero-order chi connectivity index (χ0) is 16.9. The van der Waals surface area contributed by atoms with Crippen molar-refractivity contribution in [1.29, 1.82) is 0 Å². The summed E-state index contributed by atoms with van der Waals surface area (Å²) in [5, 5.41) is 2.92. The van der Waals surface area contributed by atoms with E-state index in [1.54, 1.807) is 6.07 Å². The lowest BCUT2D eigenvalue weighted by Crippen LogP contribution is -3.13. The highest BCUT2D eigenvalue weighted by atomic mass is 35.5. The van der Waals surface area contributed by atoms with Gasteiger partial charge >= 0.3 is 0 Å². The van der Waals surface area contributed by atoms with Gasteiger partial charge in [0.2, 0.25) is 0 Å². The summed E-state index contributed by atoms with van der Waals surface area (Å²) in [4.78, 5) is 13.3. The number of halogens is 2. The van der Waals surface area contributed by atoms with E-state index < -0.39 is 5.82 Å². The molecule has 1 atom stereocenters. The van der Waals surface area contributed by atoms with E-state index in [4.69, 9.17) is 11.6 Å². The molecule has 0 saturated heterocycles. The monoisotopic (exact) mass is 345 g/mol. The molecule has 1 aliphatic heterocycles. The molecule has 1 unspecified atom stereocenters. The number of amides is 1. The minimum Gasteiger partial charge on any atom is -0.324 e. The molecule has 24 heavy (non-hydrogen) atoms. The van der Waals surface area contributed by atoms with Gasteiger partial charge in [0, 0.05) is 11.4 Å². The third-order valence-electron chi connectivity index (χ3n) is 4.15. The summed E-state index contributed by atoms with van der Waals surface area (Å²) in [6.45, 7) is 2.00. The SMILES string of the molecule is O=C(C[NH+]1CC=C(c2ccccc2)CC1)Nc1ccc(Cl)cc1F. The first kappa shape index (κ1) is 16.7. The van der Waals surface area contributed by atoms with Crippen LogP contribution in [0.2, 0.25) is 5.02 Å². The van der Waals surface area contributed by atoms with Gasteiger partial charge in [-0.1, -0.05) is 41.9 Å². The van der Waals surface area contributed by atoms with Crippen LogP contribution in [-0.4, -0.2) is 25.5 Å². The molecular weight excluding hydrogens is 327 g/mol. The van der Waals surface area contributed by atoms with Gasteiger partial charge in [-0.3, -0.25) is 4.79 Å². The minimum absolute atomic E-state index is 0.168. The molecule has 2 aromatic rings. The van der Waals surface area contributed by atoms with E-state index in [9.17, 15) is 9.18 Å². The quantitative estimate of drug-likeness (QED) is 0.877. The number of hydrogen-bond acceptors (Lipinski definition) is 1. The second-order valence-electron chi connectivity index (χ2n) is 5.90. The average Bonchev–Trinajstić information content (AvgIpc) is 2.59. The molecule has 1 heterocycles. The topological polar surface area (TPSA) is 33.5 Å². The van der Waals surface area contributed by atoms with Crippen LogP contribution >= 0.6 is 11.6 Å². The van der Waals surface area contributed by atoms with Crippen LogP contribution in [0.5, 0.6) is 0 Å². The maximum absolute atomic E-state index is 13.7. The first-order valence-electron chi connectivity index (χ1n) is 7.95. The number of carbonyl (C=O) groups is 1. The molecule has 0 bridgehead atoms. The molecule has 0 radical (unpaired) electrons. The first-order valence-corrected chi connectivity index (χ1v) is 8.32. The van der Waals surface area contributed by atoms with Crippen LogP contribution in [0.4, 0.5) is 10.1 Å². The Hall–Kier alpha value is -2.17. The van der Waals surface area contributed by atoms with Crippen molar-refractivity contribution in [3.05, 3.63) is 71.0 Å². The maximum atomic E-state index is 13.7. The predicted molar refractivity (Wildman–Crippen MR) is 94.6 cm³/mol. The summed E-state index contributed by atoms with van der Waals surface area (Å²) in [5.41, 5.74) is 2.73. The van der Waals surface area contributed by atoms with Crippen LogP contribution in [-0.2, 0) is 4.79 Å². The van der Waals surface area contributed by atoms with E-state index in [0.717, 1.165) is 19.5 Å². The number of anilines is 1. The molecule has 1 aliphatic rings. The molecular formula is C19H19ClFN2O+. The van der Waals surface area contributed by atoms with E-state index in [-0.39, 0.29) is 11.6 Å². The summed E-state index contributed by atoms with van der Waals surface area (Å²) in [6.07, 6.45) is 3.12. The molecule has 3 rings (SSSR count). The number of carbonyl (C=O) groups excluding carboxylic acids is 1. The molecule has 1 amide bonds. The summed E-state index contributed by atoms with van der Waals surface area (Å²) in [5.74, 6) is -0.710. The van der Waals surface area contributed by atoms with Gasteiger partial charge in [-0.2, -0.15) is 0 Å². The number of hydrogen-bond donors (Lipinski definition) is 2. The average molecular weight is 346 g/mol. The molecule has 2 aromatic carbocycles. The molecule has 5 heteroatoms. The lowest BCUT2D eigenvalue weighted by Gasteiger charge is -2.23. The van der Waals surface area contributed by atoms with E-state index in [0.29, 0.717) is 11.6 Å². The van der Waals surface area contributed by atoms with Crippen LogP contribution in [0, 0.1) is 5.82 Å². The fraction of sp³-hybridized carbons (Fsp3) is 0.211. The van der Waals surface area contributed by atoms with Gasteiger partial charge in [-0.05, 0) is 35.4 Å². The molecule has 0 aromatic heterocycles. The number of nitrogens with one attached hydrogen (secondary N) is 2. The molecule has 0 fully saturated rings. The first-order chi connectivity index (χ1) is 11.6. The van der Waals surface area contributed by atoms with Crippen LogP contribution in [0.25, 0.3) is 5.57 Å². The van der Waals surface area contributed by atoms with E-state index >= 15 is 0 Å². The van der Waals surface area contributed by atoms with Crippen molar-refractivity contribution in [3.63, 3.8) is 0 Å². The van der Waals surface area contributed by atoms with Gasteiger partial charge < -0.3 is 10.2 Å². The molecule has 3 nitrogen and oxygen atoms in total. The third-order valence-corrected chi connectivity index (χ3v) is 4.38. The lowest BCUT2D eigenvalue weighted by molar-refractivity contribution is -0.886.